The van der Waals surface area contributed by atoms with Crippen molar-refractivity contribution in [2.24, 2.45) is 5.41 Å². The summed E-state index contributed by atoms with van der Waals surface area (Å²) in [5.74, 6) is 0.524. The van der Waals surface area contributed by atoms with Crippen LogP contribution in [0.3, 0.4) is 0 Å². The fraction of sp³-hybridized carbons (Fsp3) is 0.700. The second kappa shape index (κ2) is 3.74. The summed E-state index contributed by atoms with van der Waals surface area (Å²) in [5, 5.41) is 0. The minimum absolute atomic E-state index is 0.179. The Morgan fingerprint density at radius 2 is 1.50 bits per heavy atom. The molecule has 12 heavy (non-hydrogen) atoms. The van der Waals surface area contributed by atoms with E-state index in [2.05, 4.69) is 0 Å². The van der Waals surface area contributed by atoms with Crippen LogP contribution in [0.4, 0.5) is 0 Å². The van der Waals surface area contributed by atoms with E-state index in [1.165, 1.54) is 0 Å². The normalized spacial score (nSPS) is 10.8. The number of allylic oxidation sites excluding steroid dienone is 2. The molecule has 0 radical (unpaired) electrons. The predicted molar refractivity (Wildman–Crippen MR) is 49.6 cm³/mol. The van der Waals surface area contributed by atoms with Crippen LogP contribution in [-0.4, -0.2) is 5.97 Å². The van der Waals surface area contributed by atoms with Crippen molar-refractivity contribution < 1.29 is 9.53 Å². The zero-order valence-corrected chi connectivity index (χ0v) is 8.82. The van der Waals surface area contributed by atoms with Crippen molar-refractivity contribution in [1.82, 2.24) is 0 Å². The Morgan fingerprint density at radius 3 is 1.75 bits per heavy atom. The van der Waals surface area contributed by atoms with Gasteiger partial charge in [0.1, 0.15) is 5.76 Å². The fourth-order valence-electron chi connectivity index (χ4n) is 0.394. The lowest BCUT2D eigenvalue weighted by Gasteiger charge is -2.17. The van der Waals surface area contributed by atoms with Crippen LogP contribution in [-0.2, 0) is 9.53 Å². The second-order valence-corrected chi connectivity index (χ2v) is 4.20. The highest BCUT2D eigenvalue weighted by Crippen LogP contribution is 2.18. The first-order valence-electron chi connectivity index (χ1n) is 4.11. The number of carbonyl (C=O) groups is 1. The molecule has 0 heterocycles. The summed E-state index contributed by atoms with van der Waals surface area (Å²) >= 11 is 0. The molecule has 0 atom stereocenters. The van der Waals surface area contributed by atoms with Gasteiger partial charge in [-0.25, -0.2) is 0 Å². The van der Waals surface area contributed by atoms with E-state index in [4.69, 9.17) is 4.74 Å². The van der Waals surface area contributed by atoms with Crippen LogP contribution < -0.4 is 0 Å². The molecule has 0 aromatic carbocycles. The first-order chi connectivity index (χ1) is 5.25. The van der Waals surface area contributed by atoms with Gasteiger partial charge in [0, 0.05) is 0 Å². The molecule has 2 nitrogen and oxygen atoms in total. The van der Waals surface area contributed by atoms with Gasteiger partial charge in [0.2, 0.25) is 0 Å². The summed E-state index contributed by atoms with van der Waals surface area (Å²) in [5.41, 5.74) is 0.615. The summed E-state index contributed by atoms with van der Waals surface area (Å²) < 4.78 is 5.12. The molecule has 0 spiro atoms. The first-order valence-corrected chi connectivity index (χ1v) is 4.11. The Balaban J connectivity index is 4.32. The minimum atomic E-state index is -0.420. The van der Waals surface area contributed by atoms with Gasteiger partial charge < -0.3 is 4.74 Å². The molecule has 0 aromatic rings. The van der Waals surface area contributed by atoms with Gasteiger partial charge in [0.25, 0.3) is 0 Å². The van der Waals surface area contributed by atoms with E-state index < -0.39 is 5.41 Å². The standard InChI is InChI=1S/C10H18O2/c1-7(2)8(3)12-9(11)10(4,5)6/h1-6H3. The van der Waals surface area contributed by atoms with Crippen LogP contribution in [0.5, 0.6) is 0 Å². The average Bonchev–Trinajstić information content (AvgIpc) is 1.85. The SMILES string of the molecule is CC(C)=C(C)OC(=O)C(C)(C)C. The van der Waals surface area contributed by atoms with Gasteiger partial charge >= 0.3 is 5.97 Å². The predicted octanol–water partition coefficient (Wildman–Crippen LogP) is 2.89. The summed E-state index contributed by atoms with van der Waals surface area (Å²) in [7, 11) is 0. The molecule has 0 aromatic heterocycles. The molecular weight excluding hydrogens is 152 g/mol. The molecular formula is C10H18O2. The Bertz CT molecular complexity index is 202. The van der Waals surface area contributed by atoms with Crippen LogP contribution in [0.1, 0.15) is 41.5 Å². The molecule has 0 saturated heterocycles. The van der Waals surface area contributed by atoms with E-state index in [0.717, 1.165) is 5.57 Å². The van der Waals surface area contributed by atoms with E-state index >= 15 is 0 Å². The molecule has 0 rings (SSSR count). The Morgan fingerprint density at radius 1 is 1.08 bits per heavy atom. The smallest absolute Gasteiger partial charge is 0.316 e. The third-order valence-electron chi connectivity index (χ3n) is 1.56. The third-order valence-corrected chi connectivity index (χ3v) is 1.56. The Labute approximate surface area is 74.6 Å². The van der Waals surface area contributed by atoms with E-state index in [9.17, 15) is 4.79 Å². The maximum Gasteiger partial charge on any atom is 0.316 e. The lowest BCUT2D eigenvalue weighted by Crippen LogP contribution is -2.22. The molecule has 0 aliphatic heterocycles. The van der Waals surface area contributed by atoms with Crippen molar-refractivity contribution in [3.63, 3.8) is 0 Å². The van der Waals surface area contributed by atoms with Crippen LogP contribution in [0, 0.1) is 5.41 Å². The lowest BCUT2D eigenvalue weighted by atomic mass is 9.97. The first kappa shape index (κ1) is 11.2. The zero-order chi connectivity index (χ0) is 9.94. The van der Waals surface area contributed by atoms with Gasteiger partial charge in [-0.1, -0.05) is 0 Å². The quantitative estimate of drug-likeness (QED) is 0.447. The van der Waals surface area contributed by atoms with E-state index in [-0.39, 0.29) is 5.97 Å². The van der Waals surface area contributed by atoms with Crippen LogP contribution in [0.15, 0.2) is 11.3 Å². The fourth-order valence-corrected chi connectivity index (χ4v) is 0.394. The number of esters is 1. The summed E-state index contributed by atoms with van der Waals surface area (Å²) in [6.07, 6.45) is 0. The van der Waals surface area contributed by atoms with Gasteiger partial charge in [-0.2, -0.15) is 0 Å². The zero-order valence-electron chi connectivity index (χ0n) is 8.82. The maximum absolute atomic E-state index is 11.3. The molecule has 0 fully saturated rings. The van der Waals surface area contributed by atoms with E-state index in [1.54, 1.807) is 6.92 Å². The van der Waals surface area contributed by atoms with Crippen molar-refractivity contribution in [2.45, 2.75) is 41.5 Å². The summed E-state index contributed by atoms with van der Waals surface area (Å²) in [6.45, 7) is 11.2. The molecule has 0 aliphatic rings. The molecule has 0 unspecified atom stereocenters. The van der Waals surface area contributed by atoms with Crippen molar-refractivity contribution in [2.75, 3.05) is 0 Å². The lowest BCUT2D eigenvalue weighted by molar-refractivity contribution is -0.148. The maximum atomic E-state index is 11.3. The molecule has 0 N–H and O–H groups in total. The van der Waals surface area contributed by atoms with Gasteiger partial charge in [-0.3, -0.25) is 4.79 Å². The monoisotopic (exact) mass is 170 g/mol. The molecule has 0 amide bonds. The highest BCUT2D eigenvalue weighted by Gasteiger charge is 2.23. The Kier molecular flexibility index (Phi) is 3.50. The van der Waals surface area contributed by atoms with Crippen molar-refractivity contribution in [3.8, 4) is 0 Å². The van der Waals surface area contributed by atoms with Gasteiger partial charge in [-0.15, -0.1) is 0 Å². The molecule has 0 saturated carbocycles. The average molecular weight is 170 g/mol. The Hall–Kier alpha value is -0.790. The molecule has 2 heteroatoms. The van der Waals surface area contributed by atoms with Crippen molar-refractivity contribution >= 4 is 5.97 Å². The van der Waals surface area contributed by atoms with Gasteiger partial charge in [0.05, 0.1) is 5.41 Å². The van der Waals surface area contributed by atoms with Gasteiger partial charge in [0.15, 0.2) is 0 Å². The number of carbonyl (C=O) groups excluding carboxylic acids is 1. The van der Waals surface area contributed by atoms with Crippen LogP contribution >= 0.6 is 0 Å². The minimum Gasteiger partial charge on any atom is -0.431 e. The van der Waals surface area contributed by atoms with Crippen molar-refractivity contribution in [3.05, 3.63) is 11.3 Å². The topological polar surface area (TPSA) is 26.3 Å². The van der Waals surface area contributed by atoms with E-state index in [0.29, 0.717) is 5.76 Å². The summed E-state index contributed by atoms with van der Waals surface area (Å²) in [6, 6.07) is 0. The van der Waals surface area contributed by atoms with Crippen LogP contribution in [0.2, 0.25) is 0 Å². The highest BCUT2D eigenvalue weighted by molar-refractivity contribution is 5.76. The number of rotatable bonds is 1. The molecule has 0 aliphatic carbocycles. The van der Waals surface area contributed by atoms with Crippen molar-refractivity contribution in [1.29, 1.82) is 0 Å². The summed E-state index contributed by atoms with van der Waals surface area (Å²) in [4.78, 5) is 11.3. The number of ether oxygens (including phenoxy) is 1. The second-order valence-electron chi connectivity index (χ2n) is 4.20. The number of hydrogen-bond acceptors (Lipinski definition) is 2. The highest BCUT2D eigenvalue weighted by atomic mass is 16.5. The molecule has 0 bridgehead atoms. The van der Waals surface area contributed by atoms with E-state index in [1.807, 2.05) is 34.6 Å². The largest absolute Gasteiger partial charge is 0.431 e. The number of hydrogen-bond donors (Lipinski definition) is 0. The molecule has 70 valence electrons. The van der Waals surface area contributed by atoms with Gasteiger partial charge in [-0.05, 0) is 47.1 Å². The van der Waals surface area contributed by atoms with Crippen LogP contribution in [0.25, 0.3) is 0 Å². The third kappa shape index (κ3) is 3.56.